The number of aromatic nitrogens is 1. The molecular formula is C27H24F2N2O3S. The van der Waals surface area contributed by atoms with Crippen LogP contribution in [0, 0.1) is 0 Å². The van der Waals surface area contributed by atoms with Crippen molar-refractivity contribution in [1.82, 2.24) is 9.88 Å². The molecule has 1 amide bonds. The van der Waals surface area contributed by atoms with Gasteiger partial charge in [0.1, 0.15) is 17.5 Å². The molecule has 0 saturated carbocycles. The van der Waals surface area contributed by atoms with Crippen molar-refractivity contribution in [2.75, 3.05) is 20.8 Å². The summed E-state index contributed by atoms with van der Waals surface area (Å²) in [4.78, 5) is 19.4. The van der Waals surface area contributed by atoms with Crippen molar-refractivity contribution in [1.29, 1.82) is 0 Å². The predicted molar refractivity (Wildman–Crippen MR) is 133 cm³/mol. The number of halogens is 2. The quantitative estimate of drug-likeness (QED) is 0.320. The molecule has 1 N–H and O–H groups in total. The molecule has 0 bridgehead atoms. The minimum atomic E-state index is -2.62. The fourth-order valence-electron chi connectivity index (χ4n) is 4.83. The number of carbonyl (C=O) groups is 1. The van der Waals surface area contributed by atoms with E-state index in [4.69, 9.17) is 9.47 Å². The first kappa shape index (κ1) is 23.2. The molecule has 2 heterocycles. The van der Waals surface area contributed by atoms with E-state index in [1.54, 1.807) is 43.4 Å². The average Bonchev–Trinajstić information content (AvgIpc) is 3.25. The average molecular weight is 495 g/mol. The summed E-state index contributed by atoms with van der Waals surface area (Å²) in [6.45, 7) is 0.423. The van der Waals surface area contributed by atoms with Crippen LogP contribution >= 0.6 is 11.8 Å². The number of thioether (sulfide) groups is 1. The van der Waals surface area contributed by atoms with Crippen LogP contribution in [0.15, 0.2) is 71.6 Å². The maximum absolute atomic E-state index is 13.9. The van der Waals surface area contributed by atoms with Gasteiger partial charge in [-0.1, -0.05) is 42.1 Å². The number of H-pyrrole nitrogens is 1. The van der Waals surface area contributed by atoms with Crippen LogP contribution in [-0.2, 0) is 6.42 Å². The van der Waals surface area contributed by atoms with Crippen molar-refractivity contribution in [3.8, 4) is 11.5 Å². The van der Waals surface area contributed by atoms with E-state index in [-0.39, 0.29) is 16.4 Å². The standard InChI is InChI=1S/C27H24F2N2O3S/c1-33-16-11-12-21-20(15-16)17-13-14-31(26(32)19-8-4-6-10-23(19)35-27(28)29)25(24(17)30-21)18-7-3-5-9-22(18)34-2/h3-12,15,25,27,30H,13-14H2,1-2H3. The molecule has 1 unspecified atom stereocenters. The number of fused-ring (bicyclic) bond motifs is 3. The van der Waals surface area contributed by atoms with Crippen molar-refractivity contribution >= 4 is 28.6 Å². The van der Waals surface area contributed by atoms with Gasteiger partial charge >= 0.3 is 0 Å². The van der Waals surface area contributed by atoms with E-state index < -0.39 is 11.8 Å². The number of nitrogens with one attached hydrogen (secondary N) is 1. The normalized spacial score (nSPS) is 15.3. The second kappa shape index (κ2) is 9.62. The van der Waals surface area contributed by atoms with Gasteiger partial charge in [-0.3, -0.25) is 4.79 Å². The topological polar surface area (TPSA) is 54.6 Å². The molecule has 8 heteroatoms. The van der Waals surface area contributed by atoms with Crippen LogP contribution in [0.5, 0.6) is 11.5 Å². The maximum Gasteiger partial charge on any atom is 0.288 e. The lowest BCUT2D eigenvalue weighted by Gasteiger charge is -2.37. The second-order valence-corrected chi connectivity index (χ2v) is 9.23. The minimum absolute atomic E-state index is 0.262. The Kier molecular flexibility index (Phi) is 6.38. The Morgan fingerprint density at radius 1 is 1.06 bits per heavy atom. The number of benzene rings is 3. The zero-order chi connectivity index (χ0) is 24.5. The Morgan fingerprint density at radius 2 is 1.83 bits per heavy atom. The summed E-state index contributed by atoms with van der Waals surface area (Å²) in [6, 6.07) is 19.5. The van der Waals surface area contributed by atoms with E-state index in [2.05, 4.69) is 4.98 Å². The zero-order valence-electron chi connectivity index (χ0n) is 19.3. The van der Waals surface area contributed by atoms with Crippen LogP contribution < -0.4 is 9.47 Å². The van der Waals surface area contributed by atoms with Gasteiger partial charge in [0, 0.05) is 33.6 Å². The van der Waals surface area contributed by atoms with Gasteiger partial charge in [0.2, 0.25) is 0 Å². The zero-order valence-corrected chi connectivity index (χ0v) is 20.1. The number of carbonyl (C=O) groups excluding carboxylic acids is 1. The number of rotatable bonds is 6. The van der Waals surface area contributed by atoms with E-state index >= 15 is 0 Å². The summed E-state index contributed by atoms with van der Waals surface area (Å²) in [5.74, 6) is -1.52. The minimum Gasteiger partial charge on any atom is -0.497 e. The first-order valence-electron chi connectivity index (χ1n) is 11.2. The highest BCUT2D eigenvalue weighted by molar-refractivity contribution is 7.99. The molecule has 3 aromatic carbocycles. The number of alkyl halides is 2. The molecule has 5 nitrogen and oxygen atoms in total. The summed E-state index contributed by atoms with van der Waals surface area (Å²) >= 11 is 0.388. The monoisotopic (exact) mass is 494 g/mol. The Balaban J connectivity index is 1.67. The fourth-order valence-corrected chi connectivity index (χ4v) is 5.46. The molecule has 0 spiro atoms. The van der Waals surface area contributed by atoms with Gasteiger partial charge in [-0.25, -0.2) is 0 Å². The summed E-state index contributed by atoms with van der Waals surface area (Å²) in [5, 5.41) is 1.04. The Hall–Kier alpha value is -3.52. The van der Waals surface area contributed by atoms with Crippen molar-refractivity contribution in [3.05, 3.63) is 89.1 Å². The van der Waals surface area contributed by atoms with Crippen molar-refractivity contribution in [2.24, 2.45) is 0 Å². The van der Waals surface area contributed by atoms with Crippen LogP contribution in [0.3, 0.4) is 0 Å². The number of methoxy groups -OCH3 is 2. The predicted octanol–water partition coefficient (Wildman–Crippen LogP) is 6.29. The molecule has 1 aliphatic rings. The van der Waals surface area contributed by atoms with Gasteiger partial charge in [-0.15, -0.1) is 0 Å². The summed E-state index contributed by atoms with van der Waals surface area (Å²) in [5.41, 5.74) is 4.02. The molecule has 0 aliphatic carbocycles. The van der Waals surface area contributed by atoms with Crippen LogP contribution in [0.2, 0.25) is 0 Å². The third kappa shape index (κ3) is 4.23. The number of hydrogen-bond donors (Lipinski definition) is 1. The van der Waals surface area contributed by atoms with Crippen LogP contribution in [-0.4, -0.2) is 42.3 Å². The smallest absolute Gasteiger partial charge is 0.288 e. The molecule has 5 rings (SSSR count). The van der Waals surface area contributed by atoms with Gasteiger partial charge in [0.05, 0.1) is 19.8 Å². The van der Waals surface area contributed by atoms with Crippen molar-refractivity contribution in [3.63, 3.8) is 0 Å². The van der Waals surface area contributed by atoms with Crippen molar-refractivity contribution in [2.45, 2.75) is 23.1 Å². The van der Waals surface area contributed by atoms with Crippen LogP contribution in [0.4, 0.5) is 8.78 Å². The second-order valence-electron chi connectivity index (χ2n) is 8.20. The Labute approximate surface area is 206 Å². The summed E-state index contributed by atoms with van der Waals surface area (Å²) < 4.78 is 37.5. The fraction of sp³-hybridized carbons (Fsp3) is 0.222. The van der Waals surface area contributed by atoms with E-state index in [0.29, 0.717) is 30.5 Å². The van der Waals surface area contributed by atoms with Gasteiger partial charge in [0.25, 0.3) is 11.7 Å². The number of hydrogen-bond acceptors (Lipinski definition) is 4. The Morgan fingerprint density at radius 3 is 2.60 bits per heavy atom. The van der Waals surface area contributed by atoms with E-state index in [0.717, 1.165) is 33.5 Å². The first-order valence-corrected chi connectivity index (χ1v) is 12.1. The lowest BCUT2D eigenvalue weighted by molar-refractivity contribution is 0.0686. The van der Waals surface area contributed by atoms with E-state index in [9.17, 15) is 13.6 Å². The molecular weight excluding hydrogens is 470 g/mol. The third-order valence-electron chi connectivity index (χ3n) is 6.36. The van der Waals surface area contributed by atoms with Gasteiger partial charge in [-0.2, -0.15) is 8.78 Å². The Bertz CT molecular complexity index is 1390. The van der Waals surface area contributed by atoms with E-state index in [1.807, 2.05) is 42.5 Å². The van der Waals surface area contributed by atoms with E-state index in [1.165, 1.54) is 0 Å². The van der Waals surface area contributed by atoms with Crippen LogP contribution in [0.25, 0.3) is 10.9 Å². The lowest BCUT2D eigenvalue weighted by Crippen LogP contribution is -2.41. The molecule has 0 radical (unpaired) electrons. The first-order chi connectivity index (χ1) is 17.0. The maximum atomic E-state index is 13.9. The molecule has 1 aromatic heterocycles. The number of nitrogens with zero attached hydrogens (tertiary/aromatic N) is 1. The lowest BCUT2D eigenvalue weighted by atomic mass is 9.91. The molecule has 1 aliphatic heterocycles. The number of amides is 1. The highest BCUT2D eigenvalue weighted by atomic mass is 32.2. The molecule has 35 heavy (non-hydrogen) atoms. The molecule has 1 atom stereocenters. The van der Waals surface area contributed by atoms with Gasteiger partial charge in [0.15, 0.2) is 0 Å². The summed E-state index contributed by atoms with van der Waals surface area (Å²) in [6.07, 6.45) is 0.615. The third-order valence-corrected chi connectivity index (χ3v) is 7.15. The largest absolute Gasteiger partial charge is 0.497 e. The number of para-hydroxylation sites is 1. The molecule has 180 valence electrons. The number of aromatic amines is 1. The number of ether oxygens (including phenoxy) is 2. The molecule has 0 fully saturated rings. The summed E-state index contributed by atoms with van der Waals surface area (Å²) in [7, 11) is 3.23. The van der Waals surface area contributed by atoms with Gasteiger partial charge in [-0.05, 0) is 48.4 Å². The highest BCUT2D eigenvalue weighted by Crippen LogP contribution is 2.43. The SMILES string of the molecule is COc1ccc2[nH]c3c(c2c1)CCN(C(=O)c1ccccc1SC(F)F)C3c1ccccc1OC. The van der Waals surface area contributed by atoms with Crippen LogP contribution in [0.1, 0.15) is 33.2 Å². The highest BCUT2D eigenvalue weighted by Gasteiger charge is 2.37. The van der Waals surface area contributed by atoms with Gasteiger partial charge < -0.3 is 19.4 Å². The van der Waals surface area contributed by atoms with Crippen molar-refractivity contribution < 1.29 is 23.0 Å². The molecule has 4 aromatic rings. The molecule has 0 saturated heterocycles.